The van der Waals surface area contributed by atoms with Crippen LogP contribution < -0.4 is 21.3 Å². The lowest BCUT2D eigenvalue weighted by Crippen LogP contribution is -2.32. The molecule has 0 aliphatic carbocycles. The van der Waals surface area contributed by atoms with E-state index in [9.17, 15) is 9.59 Å². The number of carbonyl (C=O) groups is 2. The van der Waals surface area contributed by atoms with Crippen molar-refractivity contribution >= 4 is 23.5 Å². The average Bonchev–Trinajstić information content (AvgIpc) is 2.66. The number of likely N-dealkylation sites (tertiary alicyclic amines) is 1. The fraction of sp³-hybridized carbons (Fsp3) is 0.400. The zero-order chi connectivity index (χ0) is 14.0. The van der Waals surface area contributed by atoms with Gasteiger partial charge in [0.2, 0.25) is 11.7 Å². The number of nitrogens with one attached hydrogen (secondary N) is 2. The molecule has 0 bridgehead atoms. The van der Waals surface area contributed by atoms with Crippen LogP contribution in [0.15, 0.2) is 6.33 Å². The summed E-state index contributed by atoms with van der Waals surface area (Å²) in [6.07, 6.45) is 1.35. The molecule has 1 atom stereocenters. The van der Waals surface area contributed by atoms with Crippen LogP contribution in [0.3, 0.4) is 0 Å². The molecule has 2 heterocycles. The first-order valence-corrected chi connectivity index (χ1v) is 5.51. The van der Waals surface area contributed by atoms with Crippen LogP contribution in [0.25, 0.3) is 0 Å². The Labute approximate surface area is 109 Å². The van der Waals surface area contributed by atoms with E-state index < -0.39 is 6.04 Å². The first kappa shape index (κ1) is 13.0. The molecule has 9 nitrogen and oxygen atoms in total. The van der Waals surface area contributed by atoms with Crippen molar-refractivity contribution in [3.8, 4) is 5.75 Å². The van der Waals surface area contributed by atoms with Crippen molar-refractivity contribution in [3.63, 3.8) is 0 Å². The zero-order valence-corrected chi connectivity index (χ0v) is 10.5. The Morgan fingerprint density at radius 1 is 1.42 bits per heavy atom. The predicted molar refractivity (Wildman–Crippen MR) is 66.2 cm³/mol. The first-order valence-electron chi connectivity index (χ1n) is 5.51. The summed E-state index contributed by atoms with van der Waals surface area (Å²) in [5, 5.41) is 2.86. The van der Waals surface area contributed by atoms with Crippen LogP contribution in [0.5, 0.6) is 5.75 Å². The van der Waals surface area contributed by atoms with Crippen LogP contribution in [-0.4, -0.2) is 46.9 Å². The van der Waals surface area contributed by atoms with Gasteiger partial charge >= 0.3 is 0 Å². The quantitative estimate of drug-likeness (QED) is 0.358. The molecule has 1 saturated heterocycles. The van der Waals surface area contributed by atoms with Crippen molar-refractivity contribution in [3.05, 3.63) is 6.33 Å². The molecule has 0 spiro atoms. The number of amides is 2. The summed E-state index contributed by atoms with van der Waals surface area (Å²) in [6.45, 7) is 0. The van der Waals surface area contributed by atoms with Gasteiger partial charge in [-0.1, -0.05) is 0 Å². The number of methoxy groups -OCH3 is 1. The predicted octanol–water partition coefficient (Wildman–Crippen LogP) is -1.06. The third-order valence-corrected chi connectivity index (χ3v) is 2.84. The van der Waals surface area contributed by atoms with Gasteiger partial charge < -0.3 is 15.5 Å². The van der Waals surface area contributed by atoms with Crippen LogP contribution >= 0.6 is 0 Å². The maximum atomic E-state index is 11.8. The van der Waals surface area contributed by atoms with E-state index in [1.54, 1.807) is 0 Å². The normalized spacial score (nSPS) is 18.7. The maximum Gasteiger partial charge on any atom is 0.251 e. The minimum Gasteiger partial charge on any atom is -0.490 e. The smallest absolute Gasteiger partial charge is 0.251 e. The largest absolute Gasteiger partial charge is 0.490 e. The summed E-state index contributed by atoms with van der Waals surface area (Å²) in [7, 11) is 2.87. The lowest BCUT2D eigenvalue weighted by atomic mass is 10.2. The number of likely N-dealkylation sites (N-methyl/N-ethyl adjacent to an activating group) is 1. The highest BCUT2D eigenvalue weighted by molar-refractivity contribution is 6.06. The van der Waals surface area contributed by atoms with E-state index >= 15 is 0 Å². The number of nitrogens with zero attached hydrogens (tertiary/aromatic N) is 3. The third-order valence-electron chi connectivity index (χ3n) is 2.84. The molecule has 0 aromatic carbocycles. The van der Waals surface area contributed by atoms with Crippen molar-refractivity contribution in [1.29, 1.82) is 0 Å². The van der Waals surface area contributed by atoms with Gasteiger partial charge in [0, 0.05) is 7.05 Å². The highest BCUT2D eigenvalue weighted by Gasteiger charge is 2.36. The lowest BCUT2D eigenvalue weighted by Gasteiger charge is -2.15. The summed E-state index contributed by atoms with van der Waals surface area (Å²) in [4.78, 5) is 32.2. The number of carbonyl (C=O) groups excluding carboxylic acids is 2. The van der Waals surface area contributed by atoms with E-state index in [-0.39, 0.29) is 29.8 Å². The monoisotopic (exact) mass is 266 g/mol. The standard InChI is InChI=1S/C10H14N6O3/c1-16-6(17)3-5(10(16)18)14-8-7(19-2)9(15-11)13-4-12-8/h4-5H,3,11H2,1-2H3,(H2,12,13,14,15). The molecule has 4 N–H and O–H groups in total. The summed E-state index contributed by atoms with van der Waals surface area (Å²) in [5.74, 6) is 5.60. The van der Waals surface area contributed by atoms with Gasteiger partial charge in [-0.15, -0.1) is 0 Å². The Hall–Kier alpha value is -2.42. The van der Waals surface area contributed by atoms with E-state index in [4.69, 9.17) is 10.6 Å². The summed E-state index contributed by atoms with van der Waals surface area (Å²) >= 11 is 0. The Morgan fingerprint density at radius 3 is 2.63 bits per heavy atom. The van der Waals surface area contributed by atoms with Gasteiger partial charge in [-0.25, -0.2) is 15.8 Å². The maximum absolute atomic E-state index is 11.8. The van der Waals surface area contributed by atoms with E-state index in [0.29, 0.717) is 5.82 Å². The SMILES string of the molecule is COc1c(NN)ncnc1NC1CC(=O)N(C)C1=O. The molecule has 19 heavy (non-hydrogen) atoms. The van der Waals surface area contributed by atoms with Gasteiger partial charge in [0.1, 0.15) is 12.4 Å². The number of ether oxygens (including phenoxy) is 1. The van der Waals surface area contributed by atoms with E-state index in [1.807, 2.05) is 0 Å². The van der Waals surface area contributed by atoms with Crippen molar-refractivity contribution < 1.29 is 14.3 Å². The zero-order valence-electron chi connectivity index (χ0n) is 10.5. The number of nitrogen functional groups attached to an aromatic ring is 1. The number of imide groups is 1. The Morgan fingerprint density at radius 2 is 2.11 bits per heavy atom. The van der Waals surface area contributed by atoms with Gasteiger partial charge in [0.25, 0.3) is 5.91 Å². The molecule has 102 valence electrons. The summed E-state index contributed by atoms with van der Waals surface area (Å²) in [5.41, 5.74) is 2.36. The Balaban J connectivity index is 2.25. The first-order chi connectivity index (χ1) is 9.08. The Kier molecular flexibility index (Phi) is 3.47. The van der Waals surface area contributed by atoms with Gasteiger partial charge in [-0.3, -0.25) is 14.5 Å². The molecule has 1 aromatic heterocycles. The molecule has 2 amide bonds. The number of rotatable bonds is 4. The molecule has 1 aliphatic rings. The number of hydrazine groups is 1. The minimum absolute atomic E-state index is 0.0773. The fourth-order valence-electron chi connectivity index (χ4n) is 1.81. The third kappa shape index (κ3) is 2.27. The molecule has 2 rings (SSSR count). The van der Waals surface area contributed by atoms with Crippen molar-refractivity contribution in [2.45, 2.75) is 12.5 Å². The average molecular weight is 266 g/mol. The lowest BCUT2D eigenvalue weighted by molar-refractivity contribution is -0.136. The molecule has 0 saturated carbocycles. The van der Waals surface area contributed by atoms with Gasteiger partial charge in [0.05, 0.1) is 13.5 Å². The molecular formula is C10H14N6O3. The number of hydrogen-bond acceptors (Lipinski definition) is 8. The van der Waals surface area contributed by atoms with Crippen LogP contribution in [-0.2, 0) is 9.59 Å². The molecule has 9 heteroatoms. The molecule has 0 radical (unpaired) electrons. The minimum atomic E-state index is -0.660. The van der Waals surface area contributed by atoms with Gasteiger partial charge in [-0.2, -0.15) is 0 Å². The number of nitrogens with two attached hydrogens (primary N) is 1. The number of anilines is 2. The van der Waals surface area contributed by atoms with E-state index in [0.717, 1.165) is 4.90 Å². The van der Waals surface area contributed by atoms with E-state index in [2.05, 4.69) is 20.7 Å². The molecule has 1 unspecified atom stereocenters. The van der Waals surface area contributed by atoms with Crippen LogP contribution in [0.2, 0.25) is 0 Å². The number of aromatic nitrogens is 2. The van der Waals surface area contributed by atoms with Crippen molar-refractivity contribution in [1.82, 2.24) is 14.9 Å². The van der Waals surface area contributed by atoms with Crippen LogP contribution in [0, 0.1) is 0 Å². The molecule has 1 aromatic rings. The van der Waals surface area contributed by atoms with Crippen LogP contribution in [0.4, 0.5) is 11.6 Å². The molecular weight excluding hydrogens is 252 g/mol. The highest BCUT2D eigenvalue weighted by atomic mass is 16.5. The van der Waals surface area contributed by atoms with Crippen LogP contribution in [0.1, 0.15) is 6.42 Å². The topological polar surface area (TPSA) is 122 Å². The van der Waals surface area contributed by atoms with Gasteiger partial charge in [-0.05, 0) is 0 Å². The molecule has 1 aliphatic heterocycles. The highest BCUT2D eigenvalue weighted by Crippen LogP contribution is 2.29. The van der Waals surface area contributed by atoms with Gasteiger partial charge in [0.15, 0.2) is 11.6 Å². The second kappa shape index (κ2) is 5.06. The van der Waals surface area contributed by atoms with Crippen molar-refractivity contribution in [2.24, 2.45) is 5.84 Å². The van der Waals surface area contributed by atoms with E-state index in [1.165, 1.54) is 20.5 Å². The second-order valence-corrected chi connectivity index (χ2v) is 3.94. The second-order valence-electron chi connectivity index (χ2n) is 3.94. The van der Waals surface area contributed by atoms with Crippen molar-refractivity contribution in [2.75, 3.05) is 24.9 Å². The fourth-order valence-corrected chi connectivity index (χ4v) is 1.81. The molecule has 1 fully saturated rings. The Bertz CT molecular complexity index is 520. The number of hydrogen-bond donors (Lipinski definition) is 3. The summed E-state index contributed by atoms with van der Waals surface area (Å²) < 4.78 is 5.13. The summed E-state index contributed by atoms with van der Waals surface area (Å²) in [6, 6.07) is -0.660.